The quantitative estimate of drug-likeness (QED) is 0.696. The van der Waals surface area contributed by atoms with Crippen LogP contribution >= 0.6 is 0 Å². The molecule has 7 nitrogen and oxygen atoms in total. The molecule has 138 valence electrons. The minimum atomic E-state index is -3.64. The Balaban J connectivity index is 1.55. The molecule has 8 heteroatoms. The lowest BCUT2D eigenvalue weighted by molar-refractivity contribution is 0.299. The summed E-state index contributed by atoms with van der Waals surface area (Å²) in [4.78, 5) is 13.4. The maximum atomic E-state index is 13.2. The first-order valence-electron chi connectivity index (χ1n) is 8.97. The van der Waals surface area contributed by atoms with Gasteiger partial charge in [-0.05, 0) is 12.8 Å². The van der Waals surface area contributed by atoms with Crippen molar-refractivity contribution in [1.82, 2.24) is 23.8 Å². The molecule has 2 aliphatic rings. The van der Waals surface area contributed by atoms with Gasteiger partial charge in [-0.1, -0.05) is 30.3 Å². The van der Waals surface area contributed by atoms with E-state index in [9.17, 15) is 8.42 Å². The summed E-state index contributed by atoms with van der Waals surface area (Å²) in [6.07, 6.45) is 7.10. The predicted octanol–water partition coefficient (Wildman–Crippen LogP) is 2.33. The number of benzene rings is 1. The second-order valence-electron chi connectivity index (χ2n) is 7.13. The van der Waals surface area contributed by atoms with Crippen LogP contribution in [0, 0.1) is 0 Å². The normalized spacial score (nSPS) is 22.0. The van der Waals surface area contributed by atoms with Crippen LogP contribution in [0.2, 0.25) is 0 Å². The molecule has 5 rings (SSSR count). The van der Waals surface area contributed by atoms with Crippen molar-refractivity contribution in [3.8, 4) is 11.4 Å². The van der Waals surface area contributed by atoms with Crippen molar-refractivity contribution in [3.63, 3.8) is 0 Å². The number of hydrogen-bond donors (Lipinski definition) is 0. The number of nitrogens with zero attached hydrogens (tertiary/aromatic N) is 5. The maximum absolute atomic E-state index is 13.2. The van der Waals surface area contributed by atoms with E-state index in [4.69, 9.17) is 4.98 Å². The van der Waals surface area contributed by atoms with Crippen molar-refractivity contribution < 1.29 is 8.42 Å². The molecule has 27 heavy (non-hydrogen) atoms. The van der Waals surface area contributed by atoms with Gasteiger partial charge in [0, 0.05) is 43.0 Å². The summed E-state index contributed by atoms with van der Waals surface area (Å²) in [7, 11) is -1.87. The summed E-state index contributed by atoms with van der Waals surface area (Å²) >= 11 is 0. The lowest BCUT2D eigenvalue weighted by Gasteiger charge is -2.34. The molecule has 0 N–H and O–H groups in total. The van der Waals surface area contributed by atoms with Crippen LogP contribution in [0.4, 0.5) is 0 Å². The predicted molar refractivity (Wildman–Crippen MR) is 99.2 cm³/mol. The first-order chi connectivity index (χ1) is 13.0. The van der Waals surface area contributed by atoms with Crippen molar-refractivity contribution in [2.75, 3.05) is 0 Å². The van der Waals surface area contributed by atoms with Gasteiger partial charge in [0.15, 0.2) is 10.9 Å². The number of hydrogen-bond acceptors (Lipinski definition) is 5. The van der Waals surface area contributed by atoms with Crippen molar-refractivity contribution in [2.24, 2.45) is 7.05 Å². The summed E-state index contributed by atoms with van der Waals surface area (Å²) in [5, 5.41) is 0.104. The highest BCUT2D eigenvalue weighted by molar-refractivity contribution is 7.89. The van der Waals surface area contributed by atoms with E-state index in [1.54, 1.807) is 28.3 Å². The molecule has 1 fully saturated rings. The maximum Gasteiger partial charge on any atom is 0.262 e. The lowest BCUT2D eigenvalue weighted by atomic mass is 10.0. The minimum Gasteiger partial charge on any atom is -0.339 e. The van der Waals surface area contributed by atoms with Gasteiger partial charge >= 0.3 is 0 Å². The Morgan fingerprint density at radius 2 is 1.93 bits per heavy atom. The molecule has 0 spiro atoms. The summed E-state index contributed by atoms with van der Waals surface area (Å²) in [5.41, 5.74) is 2.85. The smallest absolute Gasteiger partial charge is 0.262 e. The van der Waals surface area contributed by atoms with Gasteiger partial charge < -0.3 is 4.57 Å². The molecular weight excluding hydrogens is 362 g/mol. The molecule has 1 saturated heterocycles. The Kier molecular flexibility index (Phi) is 3.66. The third-order valence-electron chi connectivity index (χ3n) is 5.38. The van der Waals surface area contributed by atoms with Gasteiger partial charge in [-0.25, -0.2) is 23.4 Å². The Morgan fingerprint density at radius 3 is 2.67 bits per heavy atom. The Hall–Kier alpha value is -2.58. The fraction of sp³-hybridized carbons (Fsp3) is 0.316. The number of rotatable bonds is 3. The number of aromatic nitrogens is 4. The average Bonchev–Trinajstić information content (AvgIpc) is 3.26. The Bertz CT molecular complexity index is 1110. The second kappa shape index (κ2) is 5.97. The van der Waals surface area contributed by atoms with Crippen molar-refractivity contribution >= 4 is 10.0 Å². The van der Waals surface area contributed by atoms with Crippen molar-refractivity contribution in [1.29, 1.82) is 0 Å². The summed E-state index contributed by atoms with van der Waals surface area (Å²) in [6.45, 7) is 0. The monoisotopic (exact) mass is 381 g/mol. The van der Waals surface area contributed by atoms with Gasteiger partial charge in [0.1, 0.15) is 0 Å². The fourth-order valence-electron chi connectivity index (χ4n) is 4.16. The third-order valence-corrected chi connectivity index (χ3v) is 7.23. The van der Waals surface area contributed by atoms with Crippen LogP contribution in [-0.2, 0) is 23.5 Å². The molecule has 0 amide bonds. The molecule has 2 aliphatic heterocycles. The molecule has 0 aliphatic carbocycles. The lowest BCUT2D eigenvalue weighted by Crippen LogP contribution is -2.42. The molecule has 2 bridgehead atoms. The molecule has 0 unspecified atom stereocenters. The van der Waals surface area contributed by atoms with E-state index in [1.165, 1.54) is 6.33 Å². The standard InChI is InChI=1S/C19H19N5O2S/c1-23-11-18(21-12-23)27(25,26)24-14-7-8-17(24)15-10-20-19(22-16(15)9-14)13-5-3-2-4-6-13/h2-6,10-12,14,17H,7-9H2,1H3/t14-,17+/m0/s1. The highest BCUT2D eigenvalue weighted by Gasteiger charge is 2.48. The van der Waals surface area contributed by atoms with E-state index in [2.05, 4.69) is 9.97 Å². The topological polar surface area (TPSA) is 81.0 Å². The van der Waals surface area contributed by atoms with Crippen LogP contribution in [-0.4, -0.2) is 38.3 Å². The molecule has 0 radical (unpaired) electrons. The highest BCUT2D eigenvalue weighted by atomic mass is 32.2. The first-order valence-corrected chi connectivity index (χ1v) is 10.4. The van der Waals surface area contributed by atoms with E-state index in [0.717, 1.165) is 29.7 Å². The van der Waals surface area contributed by atoms with Crippen LogP contribution < -0.4 is 0 Å². The SMILES string of the molecule is Cn1cnc(S(=O)(=O)N2[C@H]3CC[C@@H]2c2cnc(-c4ccccc4)nc2C3)c1. The highest BCUT2D eigenvalue weighted by Crippen LogP contribution is 2.46. The zero-order valence-electron chi connectivity index (χ0n) is 14.9. The number of aryl methyl sites for hydroxylation is 1. The molecule has 1 aromatic carbocycles. The fourth-order valence-corrected chi connectivity index (χ4v) is 5.98. The van der Waals surface area contributed by atoms with Crippen LogP contribution in [0.25, 0.3) is 11.4 Å². The molecule has 4 heterocycles. The molecule has 0 saturated carbocycles. The van der Waals surface area contributed by atoms with Gasteiger partial charge in [0.05, 0.1) is 18.1 Å². The zero-order valence-corrected chi connectivity index (χ0v) is 15.7. The van der Waals surface area contributed by atoms with E-state index in [1.807, 2.05) is 30.3 Å². The number of fused-ring (bicyclic) bond motifs is 4. The average molecular weight is 381 g/mol. The summed E-state index contributed by atoms with van der Waals surface area (Å²) in [5.74, 6) is 0.690. The van der Waals surface area contributed by atoms with Crippen LogP contribution in [0.3, 0.4) is 0 Å². The van der Waals surface area contributed by atoms with E-state index in [0.29, 0.717) is 12.2 Å². The third kappa shape index (κ3) is 2.59. The second-order valence-corrected chi connectivity index (χ2v) is 8.92. The van der Waals surface area contributed by atoms with Crippen molar-refractivity contribution in [2.45, 2.75) is 36.4 Å². The van der Waals surface area contributed by atoms with Gasteiger partial charge in [0.2, 0.25) is 0 Å². The Morgan fingerprint density at radius 1 is 1.11 bits per heavy atom. The molecule has 2 atom stereocenters. The van der Waals surface area contributed by atoms with E-state index >= 15 is 0 Å². The van der Waals surface area contributed by atoms with E-state index < -0.39 is 10.0 Å². The molecule has 2 aromatic heterocycles. The number of sulfonamides is 1. The first kappa shape index (κ1) is 16.6. The Labute approximate surface area is 157 Å². The van der Waals surface area contributed by atoms with Gasteiger partial charge in [-0.15, -0.1) is 0 Å². The minimum absolute atomic E-state index is 0.0759. The van der Waals surface area contributed by atoms with Crippen molar-refractivity contribution in [3.05, 3.63) is 60.3 Å². The van der Waals surface area contributed by atoms with E-state index in [-0.39, 0.29) is 17.1 Å². The van der Waals surface area contributed by atoms with Crippen LogP contribution in [0.5, 0.6) is 0 Å². The van der Waals surface area contributed by atoms with Crippen LogP contribution in [0.15, 0.2) is 54.1 Å². The molecule has 3 aromatic rings. The van der Waals surface area contributed by atoms with Gasteiger partial charge in [0.25, 0.3) is 10.0 Å². The summed E-state index contributed by atoms with van der Waals surface area (Å²) < 4.78 is 29.6. The van der Waals surface area contributed by atoms with Gasteiger partial charge in [-0.3, -0.25) is 0 Å². The zero-order chi connectivity index (χ0) is 18.6. The van der Waals surface area contributed by atoms with Gasteiger partial charge in [-0.2, -0.15) is 4.31 Å². The molecular formula is C19H19N5O2S. The van der Waals surface area contributed by atoms with Crippen LogP contribution in [0.1, 0.15) is 30.1 Å². The largest absolute Gasteiger partial charge is 0.339 e. The number of imidazole rings is 1. The summed E-state index contributed by atoms with van der Waals surface area (Å²) in [6, 6.07) is 9.56.